The third-order valence-electron chi connectivity index (χ3n) is 1.48. The Morgan fingerprint density at radius 2 is 2.42 bits per heavy atom. The van der Waals surface area contributed by atoms with E-state index in [1.54, 1.807) is 0 Å². The number of aliphatic hydroxyl groups is 1. The first-order valence-electron chi connectivity index (χ1n) is 3.91. The molecule has 0 aromatic carbocycles. The van der Waals surface area contributed by atoms with Gasteiger partial charge >= 0.3 is 0 Å². The molecule has 1 heterocycles. The SMILES string of the molecule is Cc1nc(NCCCO)c(N)[nH]1. The number of anilines is 2. The minimum Gasteiger partial charge on any atom is -0.396 e. The zero-order chi connectivity index (χ0) is 8.97. The third kappa shape index (κ3) is 2.13. The monoisotopic (exact) mass is 170 g/mol. The van der Waals surface area contributed by atoms with Crippen LogP contribution in [0.15, 0.2) is 0 Å². The van der Waals surface area contributed by atoms with Gasteiger partial charge in [-0.15, -0.1) is 0 Å². The minimum atomic E-state index is 0.177. The highest BCUT2D eigenvalue weighted by Crippen LogP contribution is 2.12. The van der Waals surface area contributed by atoms with Gasteiger partial charge in [0.15, 0.2) is 5.82 Å². The molecule has 0 bridgehead atoms. The number of nitrogens with two attached hydrogens (primary N) is 1. The molecule has 0 spiro atoms. The van der Waals surface area contributed by atoms with Gasteiger partial charge in [-0.3, -0.25) is 0 Å². The molecule has 1 rings (SSSR count). The second-order valence-electron chi connectivity index (χ2n) is 2.59. The molecule has 0 atom stereocenters. The van der Waals surface area contributed by atoms with Crippen molar-refractivity contribution < 1.29 is 5.11 Å². The van der Waals surface area contributed by atoms with E-state index in [1.165, 1.54) is 0 Å². The molecule has 0 saturated heterocycles. The van der Waals surface area contributed by atoms with Crippen molar-refractivity contribution >= 4 is 11.6 Å². The van der Waals surface area contributed by atoms with Crippen LogP contribution in [0.3, 0.4) is 0 Å². The van der Waals surface area contributed by atoms with Gasteiger partial charge in [0, 0.05) is 13.2 Å². The second kappa shape index (κ2) is 3.96. The van der Waals surface area contributed by atoms with Crippen LogP contribution in [0.4, 0.5) is 11.6 Å². The predicted molar refractivity (Wildman–Crippen MR) is 47.9 cm³/mol. The topological polar surface area (TPSA) is 87.0 Å². The van der Waals surface area contributed by atoms with Gasteiger partial charge in [0.2, 0.25) is 0 Å². The van der Waals surface area contributed by atoms with E-state index in [9.17, 15) is 0 Å². The average molecular weight is 170 g/mol. The van der Waals surface area contributed by atoms with Gasteiger partial charge in [-0.2, -0.15) is 0 Å². The molecule has 0 unspecified atom stereocenters. The van der Waals surface area contributed by atoms with Gasteiger partial charge in [0.05, 0.1) is 0 Å². The summed E-state index contributed by atoms with van der Waals surface area (Å²) in [6.45, 7) is 2.70. The Bertz CT molecular complexity index is 246. The lowest BCUT2D eigenvalue weighted by Crippen LogP contribution is -2.05. The molecular weight excluding hydrogens is 156 g/mol. The van der Waals surface area contributed by atoms with Crippen molar-refractivity contribution in [1.82, 2.24) is 9.97 Å². The lowest BCUT2D eigenvalue weighted by atomic mass is 10.4. The predicted octanol–water partition coefficient (Wildman–Crippen LogP) is 0.0946. The Balaban J connectivity index is 2.45. The first-order chi connectivity index (χ1) is 5.74. The van der Waals surface area contributed by atoms with E-state index >= 15 is 0 Å². The van der Waals surface area contributed by atoms with Crippen molar-refractivity contribution in [2.24, 2.45) is 0 Å². The Labute approximate surface area is 71.0 Å². The smallest absolute Gasteiger partial charge is 0.168 e. The first-order valence-corrected chi connectivity index (χ1v) is 3.91. The molecular formula is C7H14N4O. The quantitative estimate of drug-likeness (QED) is 0.482. The molecule has 0 radical (unpaired) electrons. The number of imidazole rings is 1. The molecule has 5 heteroatoms. The summed E-state index contributed by atoms with van der Waals surface area (Å²) in [5.74, 6) is 2.00. The van der Waals surface area contributed by atoms with E-state index in [0.29, 0.717) is 24.6 Å². The Morgan fingerprint density at radius 1 is 1.67 bits per heavy atom. The van der Waals surface area contributed by atoms with Gasteiger partial charge in [0.25, 0.3) is 0 Å². The minimum absolute atomic E-state index is 0.177. The van der Waals surface area contributed by atoms with E-state index in [2.05, 4.69) is 15.3 Å². The molecule has 1 aromatic heterocycles. The molecule has 5 nitrogen and oxygen atoms in total. The van der Waals surface area contributed by atoms with E-state index in [0.717, 1.165) is 5.82 Å². The van der Waals surface area contributed by atoms with Crippen LogP contribution >= 0.6 is 0 Å². The van der Waals surface area contributed by atoms with Crippen molar-refractivity contribution in [1.29, 1.82) is 0 Å². The van der Waals surface area contributed by atoms with E-state index in [1.807, 2.05) is 6.92 Å². The molecule has 0 aliphatic carbocycles. The number of nitrogen functional groups attached to an aromatic ring is 1. The highest BCUT2D eigenvalue weighted by atomic mass is 16.3. The number of nitrogens with one attached hydrogen (secondary N) is 2. The first kappa shape index (κ1) is 8.86. The van der Waals surface area contributed by atoms with Crippen LogP contribution in [0.1, 0.15) is 12.2 Å². The molecule has 0 fully saturated rings. The number of aromatic nitrogens is 2. The maximum atomic E-state index is 8.52. The van der Waals surface area contributed by atoms with Crippen LogP contribution in [-0.4, -0.2) is 28.2 Å². The highest BCUT2D eigenvalue weighted by Gasteiger charge is 2.02. The summed E-state index contributed by atoms with van der Waals surface area (Å²) in [5, 5.41) is 11.5. The summed E-state index contributed by atoms with van der Waals surface area (Å²) in [6.07, 6.45) is 0.700. The van der Waals surface area contributed by atoms with Crippen LogP contribution < -0.4 is 11.1 Å². The largest absolute Gasteiger partial charge is 0.396 e. The van der Waals surface area contributed by atoms with Crippen LogP contribution in [-0.2, 0) is 0 Å². The summed E-state index contributed by atoms with van der Waals surface area (Å²) in [7, 11) is 0. The van der Waals surface area contributed by atoms with Gasteiger partial charge in [-0.05, 0) is 13.3 Å². The van der Waals surface area contributed by atoms with Crippen LogP contribution in [0.2, 0.25) is 0 Å². The summed E-state index contributed by atoms with van der Waals surface area (Å²) in [4.78, 5) is 6.98. The number of aliphatic hydroxyl groups excluding tert-OH is 1. The van der Waals surface area contributed by atoms with Gasteiger partial charge in [-0.25, -0.2) is 4.98 Å². The lowest BCUT2D eigenvalue weighted by molar-refractivity contribution is 0.292. The molecule has 12 heavy (non-hydrogen) atoms. The van der Waals surface area contributed by atoms with Crippen molar-refractivity contribution in [2.45, 2.75) is 13.3 Å². The van der Waals surface area contributed by atoms with E-state index < -0.39 is 0 Å². The number of hydrogen-bond acceptors (Lipinski definition) is 4. The summed E-state index contributed by atoms with van der Waals surface area (Å²) in [5.41, 5.74) is 5.58. The third-order valence-corrected chi connectivity index (χ3v) is 1.48. The molecule has 0 amide bonds. The van der Waals surface area contributed by atoms with Crippen molar-refractivity contribution in [3.8, 4) is 0 Å². The number of nitrogens with zero attached hydrogens (tertiary/aromatic N) is 1. The molecule has 0 aliphatic rings. The maximum absolute atomic E-state index is 8.52. The van der Waals surface area contributed by atoms with Crippen LogP contribution in [0.5, 0.6) is 0 Å². The van der Waals surface area contributed by atoms with Gasteiger partial charge < -0.3 is 21.1 Å². The fraction of sp³-hybridized carbons (Fsp3) is 0.571. The number of aryl methyl sites for hydroxylation is 1. The molecule has 68 valence electrons. The molecule has 0 aliphatic heterocycles. The average Bonchev–Trinajstić information content (AvgIpc) is 2.31. The Hall–Kier alpha value is -1.23. The van der Waals surface area contributed by atoms with Crippen LogP contribution in [0.25, 0.3) is 0 Å². The van der Waals surface area contributed by atoms with E-state index in [-0.39, 0.29) is 6.61 Å². The number of hydrogen-bond donors (Lipinski definition) is 4. The Morgan fingerprint density at radius 3 is 2.92 bits per heavy atom. The van der Waals surface area contributed by atoms with Crippen molar-refractivity contribution in [3.05, 3.63) is 5.82 Å². The normalized spacial score (nSPS) is 10.2. The molecule has 1 aromatic rings. The van der Waals surface area contributed by atoms with Crippen molar-refractivity contribution in [3.63, 3.8) is 0 Å². The fourth-order valence-corrected chi connectivity index (χ4v) is 0.931. The van der Waals surface area contributed by atoms with Crippen molar-refractivity contribution in [2.75, 3.05) is 24.2 Å². The summed E-state index contributed by atoms with van der Waals surface area (Å²) >= 11 is 0. The second-order valence-corrected chi connectivity index (χ2v) is 2.59. The zero-order valence-electron chi connectivity index (χ0n) is 7.09. The number of H-pyrrole nitrogens is 1. The highest BCUT2D eigenvalue weighted by molar-refractivity contribution is 5.56. The molecule has 5 N–H and O–H groups in total. The maximum Gasteiger partial charge on any atom is 0.168 e. The lowest BCUT2D eigenvalue weighted by Gasteiger charge is -2.00. The summed E-state index contributed by atoms with van der Waals surface area (Å²) < 4.78 is 0. The van der Waals surface area contributed by atoms with Gasteiger partial charge in [-0.1, -0.05) is 0 Å². The van der Waals surface area contributed by atoms with E-state index in [4.69, 9.17) is 10.8 Å². The van der Waals surface area contributed by atoms with Gasteiger partial charge in [0.1, 0.15) is 11.6 Å². The number of aromatic amines is 1. The fourth-order valence-electron chi connectivity index (χ4n) is 0.931. The molecule has 0 saturated carbocycles. The van der Waals surface area contributed by atoms with Crippen LogP contribution in [0, 0.1) is 6.92 Å². The summed E-state index contributed by atoms with van der Waals surface area (Å²) in [6, 6.07) is 0. The number of rotatable bonds is 4. The standard InChI is InChI=1S/C7H14N4O/c1-5-10-6(8)7(11-5)9-3-2-4-12/h9,12H,2-4,8H2,1H3,(H,10,11). The Kier molecular flexibility index (Phi) is 2.93. The zero-order valence-corrected chi connectivity index (χ0v) is 7.09.